The highest BCUT2D eigenvalue weighted by molar-refractivity contribution is 7.78. The zero-order chi connectivity index (χ0) is 22.2. The van der Waals surface area contributed by atoms with E-state index in [1.54, 1.807) is 0 Å². The van der Waals surface area contributed by atoms with E-state index in [0.29, 0.717) is 0 Å². The number of benzene rings is 3. The summed E-state index contributed by atoms with van der Waals surface area (Å²) in [7, 11) is 0. The molecule has 0 N–H and O–H groups in total. The third kappa shape index (κ3) is 5.93. The van der Waals surface area contributed by atoms with Crippen molar-refractivity contribution in [3.8, 4) is 23.7 Å². The topological polar surface area (TPSA) is 12.4 Å². The highest BCUT2D eigenvalue weighted by Gasteiger charge is 2.09. The maximum absolute atomic E-state index is 14.4. The van der Waals surface area contributed by atoms with Crippen LogP contribution in [0.5, 0.6) is 0 Å². The van der Waals surface area contributed by atoms with Gasteiger partial charge in [-0.3, -0.25) is 0 Å². The van der Waals surface area contributed by atoms with Gasteiger partial charge in [0.1, 0.15) is 17.3 Å². The van der Waals surface area contributed by atoms with Crippen molar-refractivity contribution in [3.63, 3.8) is 0 Å². The Labute approximate surface area is 184 Å². The Morgan fingerprint density at radius 3 is 1.94 bits per heavy atom. The molecule has 0 saturated heterocycles. The summed E-state index contributed by atoms with van der Waals surface area (Å²) in [6.45, 7) is 2.11. The molecule has 3 rings (SSSR count). The lowest BCUT2D eigenvalue weighted by atomic mass is 10.1. The van der Waals surface area contributed by atoms with Gasteiger partial charge in [-0.2, -0.15) is 4.99 Å². The van der Waals surface area contributed by atoms with Gasteiger partial charge in [0.05, 0.1) is 10.7 Å². The Morgan fingerprint density at radius 1 is 0.742 bits per heavy atom. The second kappa shape index (κ2) is 10.4. The first-order valence-electron chi connectivity index (χ1n) is 9.49. The van der Waals surface area contributed by atoms with Gasteiger partial charge < -0.3 is 0 Å². The van der Waals surface area contributed by atoms with Gasteiger partial charge >= 0.3 is 0 Å². The number of hydrogen-bond donors (Lipinski definition) is 0. The molecule has 0 heterocycles. The van der Waals surface area contributed by atoms with Crippen LogP contribution >= 0.6 is 12.2 Å². The molecule has 152 valence electrons. The molecule has 0 fully saturated rings. The van der Waals surface area contributed by atoms with E-state index in [4.69, 9.17) is 0 Å². The Balaban J connectivity index is 1.83. The van der Waals surface area contributed by atoms with Gasteiger partial charge in [0, 0.05) is 16.7 Å². The van der Waals surface area contributed by atoms with Crippen LogP contribution in [0.25, 0.3) is 0 Å². The van der Waals surface area contributed by atoms with Crippen LogP contribution in [0, 0.1) is 41.1 Å². The molecular formula is C26H16F3NS. The predicted molar refractivity (Wildman–Crippen MR) is 120 cm³/mol. The molecule has 0 bridgehead atoms. The first-order chi connectivity index (χ1) is 15.0. The summed E-state index contributed by atoms with van der Waals surface area (Å²) in [5.74, 6) is 8.31. The molecule has 0 aliphatic heterocycles. The van der Waals surface area contributed by atoms with E-state index in [1.807, 2.05) is 24.3 Å². The number of thiocarbonyl (C=S) groups is 1. The number of halogens is 3. The summed E-state index contributed by atoms with van der Waals surface area (Å²) in [6.07, 6.45) is 2.05. The van der Waals surface area contributed by atoms with E-state index in [-0.39, 0.29) is 16.8 Å². The van der Waals surface area contributed by atoms with Gasteiger partial charge in [0.15, 0.2) is 5.82 Å². The summed E-state index contributed by atoms with van der Waals surface area (Å²) >= 11 is 4.44. The monoisotopic (exact) mass is 431 g/mol. The quantitative estimate of drug-likeness (QED) is 0.259. The first-order valence-corrected chi connectivity index (χ1v) is 9.90. The van der Waals surface area contributed by atoms with Crippen LogP contribution in [0.4, 0.5) is 18.9 Å². The minimum Gasteiger partial charge on any atom is -0.205 e. The number of hydrogen-bond acceptors (Lipinski definition) is 2. The van der Waals surface area contributed by atoms with Crippen molar-refractivity contribution < 1.29 is 13.2 Å². The molecule has 3 aromatic carbocycles. The van der Waals surface area contributed by atoms with Gasteiger partial charge in [0.2, 0.25) is 0 Å². The molecule has 3 aromatic rings. The fraction of sp³-hybridized carbons (Fsp3) is 0.115. The van der Waals surface area contributed by atoms with Crippen molar-refractivity contribution in [2.45, 2.75) is 19.8 Å². The Hall–Kier alpha value is -3.63. The standard InChI is InChI=1S/C26H16F3NS/c1-2-3-18-4-6-19(7-5-18)8-9-21-15-23(27)22(24(28)16-21)12-10-20-11-13-26(30-17-31)25(29)14-20/h4-7,11,13-16H,2-3H2,1H3. The zero-order valence-electron chi connectivity index (χ0n) is 16.6. The smallest absolute Gasteiger partial charge is 0.150 e. The minimum absolute atomic E-state index is 0.0147. The number of isothiocyanates is 1. The fourth-order valence-electron chi connectivity index (χ4n) is 2.81. The van der Waals surface area contributed by atoms with Crippen LogP contribution in [-0.2, 0) is 6.42 Å². The first kappa shape index (κ1) is 22.1. The van der Waals surface area contributed by atoms with Crippen molar-refractivity contribution in [3.05, 3.63) is 99.9 Å². The number of nitrogens with zero attached hydrogens (tertiary/aromatic N) is 1. The van der Waals surface area contributed by atoms with Crippen LogP contribution in [0.15, 0.2) is 59.6 Å². The summed E-state index contributed by atoms with van der Waals surface area (Å²) in [4.78, 5) is 3.56. The maximum atomic E-state index is 14.4. The molecule has 5 heteroatoms. The van der Waals surface area contributed by atoms with Crippen molar-refractivity contribution in [1.82, 2.24) is 0 Å². The molecule has 0 unspecified atom stereocenters. The van der Waals surface area contributed by atoms with Crippen molar-refractivity contribution >= 4 is 23.1 Å². The molecule has 0 atom stereocenters. The minimum atomic E-state index is -0.836. The van der Waals surface area contributed by atoms with Gasteiger partial charge in [0.25, 0.3) is 0 Å². The lowest BCUT2D eigenvalue weighted by Gasteiger charge is -2.00. The molecule has 0 aliphatic rings. The maximum Gasteiger partial charge on any atom is 0.150 e. The van der Waals surface area contributed by atoms with Crippen LogP contribution in [0.2, 0.25) is 0 Å². The Bertz CT molecular complexity index is 1260. The van der Waals surface area contributed by atoms with Crippen molar-refractivity contribution in [2.24, 2.45) is 4.99 Å². The largest absolute Gasteiger partial charge is 0.205 e. The van der Waals surface area contributed by atoms with Gasteiger partial charge in [-0.1, -0.05) is 49.2 Å². The van der Waals surface area contributed by atoms with Crippen molar-refractivity contribution in [2.75, 3.05) is 0 Å². The van der Waals surface area contributed by atoms with E-state index >= 15 is 0 Å². The molecule has 0 amide bonds. The van der Waals surface area contributed by atoms with Gasteiger partial charge in [-0.25, -0.2) is 13.2 Å². The van der Waals surface area contributed by atoms with E-state index in [0.717, 1.165) is 36.6 Å². The van der Waals surface area contributed by atoms with Crippen LogP contribution in [0.3, 0.4) is 0 Å². The second-order valence-corrected chi connectivity index (χ2v) is 6.81. The summed E-state index contributed by atoms with van der Waals surface area (Å²) in [6, 6.07) is 13.9. The average molecular weight is 431 g/mol. The summed E-state index contributed by atoms with van der Waals surface area (Å²) in [5, 5.41) is 2.07. The van der Waals surface area contributed by atoms with Crippen LogP contribution < -0.4 is 0 Å². The highest BCUT2D eigenvalue weighted by atomic mass is 32.1. The van der Waals surface area contributed by atoms with Crippen molar-refractivity contribution in [1.29, 1.82) is 0 Å². The summed E-state index contributed by atoms with van der Waals surface area (Å²) < 4.78 is 42.7. The third-order valence-electron chi connectivity index (χ3n) is 4.33. The predicted octanol–water partition coefficient (Wildman–Crippen LogP) is 6.59. The average Bonchev–Trinajstić information content (AvgIpc) is 2.75. The zero-order valence-corrected chi connectivity index (χ0v) is 17.4. The Morgan fingerprint density at radius 2 is 1.32 bits per heavy atom. The molecule has 1 nitrogen and oxygen atoms in total. The van der Waals surface area contributed by atoms with Gasteiger partial charge in [-0.05, 0) is 66.7 Å². The molecule has 0 radical (unpaired) electrons. The number of aryl methyl sites for hydroxylation is 1. The molecule has 0 aliphatic carbocycles. The molecule has 0 saturated carbocycles. The lowest BCUT2D eigenvalue weighted by molar-refractivity contribution is 0.577. The van der Waals surface area contributed by atoms with Gasteiger partial charge in [-0.15, -0.1) is 0 Å². The third-order valence-corrected chi connectivity index (χ3v) is 4.42. The molecule has 31 heavy (non-hydrogen) atoms. The number of rotatable bonds is 3. The van der Waals surface area contributed by atoms with E-state index in [2.05, 4.69) is 53.0 Å². The molecule has 0 spiro atoms. The molecule has 0 aromatic heterocycles. The van der Waals surface area contributed by atoms with E-state index in [9.17, 15) is 13.2 Å². The van der Waals surface area contributed by atoms with E-state index in [1.165, 1.54) is 17.7 Å². The van der Waals surface area contributed by atoms with E-state index < -0.39 is 23.0 Å². The fourth-order valence-corrected chi connectivity index (χ4v) is 2.91. The lowest BCUT2D eigenvalue weighted by Crippen LogP contribution is -1.93. The summed E-state index contributed by atoms with van der Waals surface area (Å²) in [5.41, 5.74) is 2.03. The Kier molecular flexibility index (Phi) is 7.41. The number of aliphatic imine (C=N–C) groups is 1. The highest BCUT2D eigenvalue weighted by Crippen LogP contribution is 2.19. The van der Waals surface area contributed by atoms with Crippen LogP contribution in [0.1, 0.15) is 41.2 Å². The normalized spacial score (nSPS) is 9.68. The SMILES string of the molecule is CCCc1ccc(C#Cc2cc(F)c(C#Cc3ccc(N=C=S)c(F)c3)c(F)c2)cc1. The second-order valence-electron chi connectivity index (χ2n) is 6.63. The van der Waals surface area contributed by atoms with Crippen LogP contribution in [-0.4, -0.2) is 5.16 Å². The molecular weight excluding hydrogens is 415 g/mol.